The molecular formula is C56H101NO13. The number of hydrogen-bond donors (Lipinski definition) is 9. The van der Waals surface area contributed by atoms with Gasteiger partial charge in [0.15, 0.2) is 12.6 Å². The maximum atomic E-state index is 13.2. The molecule has 12 unspecified atom stereocenters. The van der Waals surface area contributed by atoms with Crippen LogP contribution in [0.4, 0.5) is 0 Å². The van der Waals surface area contributed by atoms with Gasteiger partial charge in [0.2, 0.25) is 5.91 Å². The van der Waals surface area contributed by atoms with Crippen LogP contribution in [0.5, 0.6) is 0 Å². The number of unbranched alkanes of at least 4 members (excludes halogenated alkanes) is 24. The molecule has 2 aliphatic rings. The zero-order valence-corrected chi connectivity index (χ0v) is 43.5. The van der Waals surface area contributed by atoms with Crippen molar-refractivity contribution in [2.24, 2.45) is 0 Å². The zero-order valence-electron chi connectivity index (χ0n) is 43.5. The Morgan fingerprint density at radius 2 is 0.957 bits per heavy atom. The first-order valence-corrected chi connectivity index (χ1v) is 27.9. The predicted octanol–water partition coefficient (Wildman–Crippen LogP) is 8.44. The fourth-order valence-corrected chi connectivity index (χ4v) is 8.92. The highest BCUT2D eigenvalue weighted by Crippen LogP contribution is 2.30. The summed E-state index contributed by atoms with van der Waals surface area (Å²) in [5.41, 5.74) is 0. The fourth-order valence-electron chi connectivity index (χ4n) is 8.92. The van der Waals surface area contributed by atoms with Crippen molar-refractivity contribution in [3.63, 3.8) is 0 Å². The van der Waals surface area contributed by atoms with Crippen molar-refractivity contribution in [1.82, 2.24) is 5.32 Å². The molecule has 14 heteroatoms. The molecule has 2 heterocycles. The Bertz CT molecular complexity index is 1360. The SMILES string of the molecule is CCCCCC/C=C\C/C=C\CCCCCCCC(=O)NC(COC1OC(CO)C(OC2OC(CO)C(O)C(O)C2O)C(O)C1O)C(O)/C=C/CC/C=C/CCCCCCCCCCCCCCCC. The van der Waals surface area contributed by atoms with Crippen LogP contribution < -0.4 is 5.32 Å². The Balaban J connectivity index is 1.83. The molecule has 0 saturated carbocycles. The molecule has 0 aromatic rings. The van der Waals surface area contributed by atoms with Gasteiger partial charge >= 0.3 is 0 Å². The number of amides is 1. The average Bonchev–Trinajstić information content (AvgIpc) is 3.36. The molecule has 14 nitrogen and oxygen atoms in total. The summed E-state index contributed by atoms with van der Waals surface area (Å²) in [6, 6.07) is -0.939. The van der Waals surface area contributed by atoms with Crippen LogP contribution in [-0.4, -0.2) is 140 Å². The Kier molecular flexibility index (Phi) is 38.7. The molecule has 2 rings (SSSR count). The number of rotatable bonds is 43. The fraction of sp³-hybridized carbons (Fsp3) is 0.839. The van der Waals surface area contributed by atoms with Crippen LogP contribution in [0.25, 0.3) is 0 Å². The van der Waals surface area contributed by atoms with E-state index in [0.29, 0.717) is 12.8 Å². The number of aliphatic hydroxyl groups excluding tert-OH is 8. The summed E-state index contributed by atoms with van der Waals surface area (Å²) < 4.78 is 22.7. The van der Waals surface area contributed by atoms with E-state index in [0.717, 1.165) is 57.8 Å². The van der Waals surface area contributed by atoms with E-state index in [2.05, 4.69) is 55.6 Å². The molecule has 0 aromatic carbocycles. The van der Waals surface area contributed by atoms with E-state index in [4.69, 9.17) is 18.9 Å². The van der Waals surface area contributed by atoms with Crippen molar-refractivity contribution in [1.29, 1.82) is 0 Å². The van der Waals surface area contributed by atoms with Gasteiger partial charge in [-0.25, -0.2) is 0 Å². The van der Waals surface area contributed by atoms with E-state index in [1.165, 1.54) is 116 Å². The number of aliphatic hydroxyl groups is 8. The summed E-state index contributed by atoms with van der Waals surface area (Å²) >= 11 is 0. The molecule has 2 fully saturated rings. The topological polar surface area (TPSA) is 228 Å². The van der Waals surface area contributed by atoms with Crippen molar-refractivity contribution < 1.29 is 64.6 Å². The normalized spacial score (nSPS) is 26.3. The van der Waals surface area contributed by atoms with Crippen molar-refractivity contribution in [3.05, 3.63) is 48.6 Å². The molecule has 0 spiro atoms. The van der Waals surface area contributed by atoms with Gasteiger partial charge in [-0.2, -0.15) is 0 Å². The van der Waals surface area contributed by atoms with Crippen molar-refractivity contribution >= 4 is 5.91 Å². The van der Waals surface area contributed by atoms with E-state index < -0.39 is 86.8 Å². The molecule has 2 saturated heterocycles. The summed E-state index contributed by atoms with van der Waals surface area (Å²) in [6.45, 7) is 2.75. The van der Waals surface area contributed by atoms with Gasteiger partial charge in [0.1, 0.15) is 48.8 Å². The first kappa shape index (κ1) is 64.1. The van der Waals surface area contributed by atoms with Crippen molar-refractivity contribution in [3.8, 4) is 0 Å². The third-order valence-corrected chi connectivity index (χ3v) is 13.5. The first-order chi connectivity index (χ1) is 34.1. The second-order valence-corrected chi connectivity index (χ2v) is 19.7. The molecule has 12 atom stereocenters. The van der Waals surface area contributed by atoms with Crippen LogP contribution in [0.15, 0.2) is 48.6 Å². The Morgan fingerprint density at radius 3 is 1.50 bits per heavy atom. The Hall–Kier alpha value is -2.05. The van der Waals surface area contributed by atoms with E-state index in [9.17, 15) is 45.6 Å². The predicted molar refractivity (Wildman–Crippen MR) is 277 cm³/mol. The van der Waals surface area contributed by atoms with Crippen LogP contribution in [0.1, 0.15) is 206 Å². The number of allylic oxidation sites excluding steroid dienone is 7. The molecule has 70 heavy (non-hydrogen) atoms. The molecule has 2 aliphatic heterocycles. The molecule has 0 aromatic heterocycles. The number of hydrogen-bond acceptors (Lipinski definition) is 13. The second kappa shape index (κ2) is 42.3. The van der Waals surface area contributed by atoms with Crippen LogP contribution in [0.3, 0.4) is 0 Å². The molecular weight excluding hydrogens is 895 g/mol. The van der Waals surface area contributed by atoms with Gasteiger partial charge in [0.05, 0.1) is 32.0 Å². The van der Waals surface area contributed by atoms with Gasteiger partial charge in [-0.05, 0) is 64.2 Å². The molecule has 1 amide bonds. The molecule has 0 aliphatic carbocycles. The smallest absolute Gasteiger partial charge is 0.220 e. The van der Waals surface area contributed by atoms with Crippen LogP contribution in [-0.2, 0) is 23.7 Å². The Labute approximate surface area is 423 Å². The maximum absolute atomic E-state index is 13.2. The first-order valence-electron chi connectivity index (χ1n) is 27.9. The van der Waals surface area contributed by atoms with E-state index in [-0.39, 0.29) is 18.9 Å². The number of carbonyl (C=O) groups is 1. The van der Waals surface area contributed by atoms with Crippen molar-refractivity contribution in [2.45, 2.75) is 280 Å². The van der Waals surface area contributed by atoms with Gasteiger partial charge in [-0.15, -0.1) is 0 Å². The highest BCUT2D eigenvalue weighted by Gasteiger charge is 2.51. The molecule has 9 N–H and O–H groups in total. The van der Waals surface area contributed by atoms with Gasteiger partial charge in [-0.1, -0.05) is 184 Å². The minimum Gasteiger partial charge on any atom is -0.394 e. The summed E-state index contributed by atoms with van der Waals surface area (Å²) in [6.07, 6.45) is 34.3. The van der Waals surface area contributed by atoms with E-state index in [1.54, 1.807) is 6.08 Å². The maximum Gasteiger partial charge on any atom is 0.220 e. The lowest BCUT2D eigenvalue weighted by Crippen LogP contribution is -2.65. The summed E-state index contributed by atoms with van der Waals surface area (Å²) in [7, 11) is 0. The van der Waals surface area contributed by atoms with Gasteiger partial charge in [-0.3, -0.25) is 4.79 Å². The van der Waals surface area contributed by atoms with E-state index >= 15 is 0 Å². The lowest BCUT2D eigenvalue weighted by atomic mass is 9.97. The summed E-state index contributed by atoms with van der Waals surface area (Å²) in [4.78, 5) is 13.2. The number of ether oxygens (including phenoxy) is 4. The summed E-state index contributed by atoms with van der Waals surface area (Å²) in [5.74, 6) is -0.264. The zero-order chi connectivity index (χ0) is 51.0. The minimum atomic E-state index is -1.79. The van der Waals surface area contributed by atoms with Gasteiger partial charge in [0, 0.05) is 6.42 Å². The Morgan fingerprint density at radius 1 is 0.514 bits per heavy atom. The largest absolute Gasteiger partial charge is 0.394 e. The molecule has 408 valence electrons. The van der Waals surface area contributed by atoms with Gasteiger partial charge in [0.25, 0.3) is 0 Å². The van der Waals surface area contributed by atoms with Crippen LogP contribution in [0.2, 0.25) is 0 Å². The minimum absolute atomic E-state index is 0.256. The van der Waals surface area contributed by atoms with Crippen LogP contribution >= 0.6 is 0 Å². The van der Waals surface area contributed by atoms with Crippen molar-refractivity contribution in [2.75, 3.05) is 19.8 Å². The average molecular weight is 996 g/mol. The van der Waals surface area contributed by atoms with E-state index in [1.807, 2.05) is 6.08 Å². The highest BCUT2D eigenvalue weighted by atomic mass is 16.7. The quantitative estimate of drug-likeness (QED) is 0.0207. The third kappa shape index (κ3) is 28.4. The number of carbonyl (C=O) groups excluding carboxylic acids is 1. The summed E-state index contributed by atoms with van der Waals surface area (Å²) in [5, 5.41) is 86.9. The highest BCUT2D eigenvalue weighted by molar-refractivity contribution is 5.76. The van der Waals surface area contributed by atoms with Crippen LogP contribution in [0, 0.1) is 0 Å². The lowest BCUT2D eigenvalue weighted by molar-refractivity contribution is -0.359. The second-order valence-electron chi connectivity index (χ2n) is 19.7. The lowest BCUT2D eigenvalue weighted by Gasteiger charge is -2.46. The monoisotopic (exact) mass is 996 g/mol. The molecule has 0 bridgehead atoms. The standard InChI is InChI=1S/C56H101NO13/c1-3-5-7-9-11-13-15-17-19-21-22-23-24-25-27-29-31-33-35-37-39-45(60)44(57-48(61)40-38-36-34-32-30-28-26-20-18-16-14-12-10-8-6-4-2)43-67-55-53(66)51(64)54(47(42-59)69-55)70-56-52(65)50(63)49(62)46(41-58)68-56/h14,16,20,26,29,31,37,39,44-47,49-56,58-60,62-66H,3-13,15,17-19,21-25,27-28,30,32-36,38,40-43H2,1-2H3,(H,57,61)/b16-14-,26-20-,31-29+,39-37+. The number of nitrogens with one attached hydrogen (secondary N) is 1. The molecule has 0 radical (unpaired) electrons. The van der Waals surface area contributed by atoms with Gasteiger partial charge < -0.3 is 65.1 Å². The third-order valence-electron chi connectivity index (χ3n) is 13.5.